The summed E-state index contributed by atoms with van der Waals surface area (Å²) in [6.07, 6.45) is -0.620. The standard InChI is InChI=1S/C29H23NO9S.C26H19NO9S/c1-3-14-37-28(34)22(16-23(32)18(2)31)30-27(33)21-15-24-25(17-26(21)40(30,35)36)39-29(38-24,19-10-6-4-7-11-19)20-12-8-5-9-13-20;1-15(28)20(29)13-19(25(31)32)27-24(30)18-12-21-22(14-23(18)37(27,33)34)36-26(35-21,16-8-4-2-5-9-16)17-10-6-3-7-11-17/h3-13,15,17,22H,1,14,16H2,2H3;2-12,14,19H,13H2,1H3,(H,31,32)/t22-;19-/m00/s1. The molecule has 0 radical (unpaired) electrons. The van der Waals surface area contributed by atoms with Crippen molar-refractivity contribution in [2.24, 2.45) is 0 Å². The van der Waals surface area contributed by atoms with Crippen molar-refractivity contribution in [2.45, 2.75) is 60.1 Å². The quantitative estimate of drug-likeness (QED) is 0.0696. The number of carboxylic acids is 1. The maximum Gasteiger partial charge on any atom is 0.330 e. The number of carbonyl (C=O) groups excluding carboxylic acids is 7. The third-order valence-corrected chi connectivity index (χ3v) is 16.3. The van der Waals surface area contributed by atoms with Crippen LogP contribution in [-0.4, -0.2) is 96.1 Å². The number of hydrogen-bond donors (Lipinski definition) is 1. The first-order valence-electron chi connectivity index (χ1n) is 23.3. The topological polar surface area (TPSA) is 278 Å². The van der Waals surface area contributed by atoms with Gasteiger partial charge in [-0.25, -0.2) is 35.0 Å². The zero-order valence-electron chi connectivity index (χ0n) is 40.5. The number of Topliss-reactive ketones (excluding diaryl/α,β-unsaturated/α-hetero) is 4. The fraction of sp³-hybridized carbons (Fsp3) is 0.164. The van der Waals surface area contributed by atoms with Gasteiger partial charge in [0.1, 0.15) is 16.4 Å². The maximum absolute atomic E-state index is 13.7. The van der Waals surface area contributed by atoms with Crippen LogP contribution in [0.4, 0.5) is 0 Å². The zero-order valence-corrected chi connectivity index (χ0v) is 42.1. The van der Waals surface area contributed by atoms with Gasteiger partial charge in [-0.05, 0) is 12.1 Å². The first-order valence-corrected chi connectivity index (χ1v) is 26.1. The Balaban J connectivity index is 0.000000188. The van der Waals surface area contributed by atoms with Crippen molar-refractivity contribution in [1.29, 1.82) is 0 Å². The normalized spacial score (nSPS) is 16.9. The zero-order chi connectivity index (χ0) is 55.2. The van der Waals surface area contributed by atoms with Crippen LogP contribution >= 0.6 is 0 Å². The van der Waals surface area contributed by atoms with Crippen molar-refractivity contribution in [1.82, 2.24) is 8.61 Å². The molecule has 0 fully saturated rings. The molecule has 6 aromatic rings. The highest BCUT2D eigenvalue weighted by atomic mass is 32.2. The average molecular weight is 1080 g/mol. The van der Waals surface area contributed by atoms with E-state index < -0.39 is 113 Å². The predicted octanol–water partition coefficient (Wildman–Crippen LogP) is 5.65. The molecule has 0 aromatic heterocycles. The van der Waals surface area contributed by atoms with E-state index in [1.807, 2.05) is 24.3 Å². The summed E-state index contributed by atoms with van der Waals surface area (Å²) in [7, 11) is -9.36. The Kier molecular flexibility index (Phi) is 13.7. The largest absolute Gasteiger partial charge is 0.480 e. The van der Waals surface area contributed by atoms with Gasteiger partial charge in [0.15, 0.2) is 46.6 Å². The number of fused-ring (bicyclic) bond motifs is 4. The number of amides is 2. The second-order valence-electron chi connectivity index (χ2n) is 17.6. The lowest BCUT2D eigenvalue weighted by Crippen LogP contribution is -2.47. The number of nitrogens with zero attached hydrogens (tertiary/aromatic N) is 2. The third kappa shape index (κ3) is 9.15. The van der Waals surface area contributed by atoms with Gasteiger partial charge in [0.2, 0.25) is 11.6 Å². The lowest BCUT2D eigenvalue weighted by Gasteiger charge is -2.28. The number of rotatable bonds is 16. The van der Waals surface area contributed by atoms with E-state index in [0.717, 1.165) is 26.0 Å². The summed E-state index contributed by atoms with van der Waals surface area (Å²) in [5.41, 5.74) is 1.86. The molecule has 0 unspecified atom stereocenters. The maximum atomic E-state index is 13.7. The molecule has 6 aromatic carbocycles. The fourth-order valence-corrected chi connectivity index (χ4v) is 12.4. The van der Waals surface area contributed by atoms with Crippen LogP contribution in [0.3, 0.4) is 0 Å². The number of sulfonamides is 2. The number of ketones is 4. The number of carboxylic acid groups (broad SMARTS) is 1. The molecule has 392 valence electrons. The smallest absolute Gasteiger partial charge is 0.330 e. The Labute approximate surface area is 439 Å². The minimum Gasteiger partial charge on any atom is -0.480 e. The molecule has 0 aliphatic carbocycles. The van der Waals surface area contributed by atoms with E-state index >= 15 is 0 Å². The molecule has 22 heteroatoms. The van der Waals surface area contributed by atoms with Crippen LogP contribution in [0.15, 0.2) is 168 Å². The van der Waals surface area contributed by atoms with Crippen molar-refractivity contribution >= 4 is 66.9 Å². The van der Waals surface area contributed by atoms with Gasteiger partial charge in [-0.3, -0.25) is 28.8 Å². The summed E-state index contributed by atoms with van der Waals surface area (Å²) >= 11 is 0. The molecule has 4 heterocycles. The van der Waals surface area contributed by atoms with Gasteiger partial charge in [0, 0.05) is 61.1 Å². The molecule has 1 N–H and O–H groups in total. The second kappa shape index (κ2) is 20.1. The van der Waals surface area contributed by atoms with Gasteiger partial charge in [-0.15, -0.1) is 0 Å². The van der Waals surface area contributed by atoms with Crippen LogP contribution in [0.25, 0.3) is 0 Å². The van der Waals surface area contributed by atoms with Gasteiger partial charge in [0.05, 0.1) is 11.1 Å². The molecule has 77 heavy (non-hydrogen) atoms. The molecule has 10 rings (SSSR count). The third-order valence-electron chi connectivity index (χ3n) is 12.7. The van der Waals surface area contributed by atoms with E-state index in [0.29, 0.717) is 22.3 Å². The number of hydrogen-bond acceptors (Lipinski definition) is 17. The Morgan fingerprint density at radius 1 is 0.545 bits per heavy atom. The number of esters is 1. The van der Waals surface area contributed by atoms with E-state index in [1.165, 1.54) is 18.2 Å². The highest BCUT2D eigenvalue weighted by Gasteiger charge is 2.54. The molecule has 0 saturated heterocycles. The van der Waals surface area contributed by atoms with Crippen molar-refractivity contribution in [3.8, 4) is 23.0 Å². The number of ether oxygens (including phenoxy) is 5. The summed E-state index contributed by atoms with van der Waals surface area (Å²) < 4.78 is 84.4. The molecule has 0 bridgehead atoms. The summed E-state index contributed by atoms with van der Waals surface area (Å²) in [5, 5.41) is 9.61. The van der Waals surface area contributed by atoms with Gasteiger partial charge in [-0.2, -0.15) is 0 Å². The van der Waals surface area contributed by atoms with E-state index in [9.17, 15) is 60.3 Å². The van der Waals surface area contributed by atoms with Crippen LogP contribution in [-0.2, 0) is 65.1 Å². The first-order chi connectivity index (χ1) is 36.7. The summed E-state index contributed by atoms with van der Waals surface area (Å²) in [5.74, 6) is -11.8. The average Bonchev–Trinajstić information content (AvgIpc) is 4.23. The summed E-state index contributed by atoms with van der Waals surface area (Å²) in [6, 6.07) is 36.6. The second-order valence-corrected chi connectivity index (χ2v) is 21.1. The van der Waals surface area contributed by atoms with Crippen LogP contribution < -0.4 is 18.9 Å². The monoisotopic (exact) mass is 1080 g/mol. The Hall–Kier alpha value is -9.28. The predicted molar refractivity (Wildman–Crippen MR) is 266 cm³/mol. The molecule has 0 saturated carbocycles. The molecule has 4 aliphatic heterocycles. The highest BCUT2D eigenvalue weighted by molar-refractivity contribution is 7.90. The van der Waals surface area contributed by atoms with Gasteiger partial charge >= 0.3 is 23.5 Å². The lowest BCUT2D eigenvalue weighted by molar-refractivity contribution is -0.148. The number of aliphatic carboxylic acids is 1. The van der Waals surface area contributed by atoms with Crippen molar-refractivity contribution in [2.75, 3.05) is 6.61 Å². The SMILES string of the molecule is C=CCOC(=O)[C@H](CC(=O)C(C)=O)N1C(=O)c2cc3c(cc2S1(=O)=O)OC(c1ccccc1)(c1ccccc1)O3.CC(=O)C(=O)C[C@@H](C(=O)O)N1C(=O)c2cc3c(cc2S1(=O)=O)OC(c1ccccc1)(c1ccccc1)O3. The van der Waals surface area contributed by atoms with E-state index in [4.69, 9.17) is 23.7 Å². The number of carbonyl (C=O) groups is 8. The Bertz CT molecular complexity index is 3620. The number of benzene rings is 6. The molecule has 20 nitrogen and oxygen atoms in total. The van der Waals surface area contributed by atoms with Crippen LogP contribution in [0.1, 0.15) is 69.7 Å². The fourth-order valence-electron chi connectivity index (χ4n) is 8.95. The van der Waals surface area contributed by atoms with Crippen molar-refractivity contribution < 1.29 is 84.0 Å². The summed E-state index contributed by atoms with van der Waals surface area (Å²) in [6.45, 7) is 5.04. The van der Waals surface area contributed by atoms with Crippen molar-refractivity contribution in [3.63, 3.8) is 0 Å². The Morgan fingerprint density at radius 2 is 0.857 bits per heavy atom. The van der Waals surface area contributed by atoms with Crippen molar-refractivity contribution in [3.05, 3.63) is 192 Å². The van der Waals surface area contributed by atoms with Crippen LogP contribution in [0, 0.1) is 0 Å². The molecule has 2 atom stereocenters. The van der Waals surface area contributed by atoms with Gasteiger partial charge in [-0.1, -0.05) is 134 Å². The molecule has 4 aliphatic rings. The minimum absolute atomic E-state index is 0.0244. The molecular formula is C55H42N2O18S2. The molecule has 0 spiro atoms. The molecular weight excluding hydrogens is 1040 g/mol. The van der Waals surface area contributed by atoms with Gasteiger partial charge < -0.3 is 28.8 Å². The molecule has 2 amide bonds. The highest BCUT2D eigenvalue weighted by Crippen LogP contribution is 2.53. The van der Waals surface area contributed by atoms with E-state index in [-0.39, 0.29) is 49.3 Å². The summed E-state index contributed by atoms with van der Waals surface area (Å²) in [4.78, 5) is 97.6. The lowest BCUT2D eigenvalue weighted by atomic mass is 9.97. The van der Waals surface area contributed by atoms with E-state index in [2.05, 4.69) is 6.58 Å². The van der Waals surface area contributed by atoms with Crippen LogP contribution in [0.2, 0.25) is 0 Å². The Morgan fingerprint density at radius 3 is 1.17 bits per heavy atom. The minimum atomic E-state index is -4.70. The van der Waals surface area contributed by atoms with E-state index in [1.54, 1.807) is 97.1 Å². The van der Waals surface area contributed by atoms with Crippen LogP contribution in [0.5, 0.6) is 23.0 Å². The first kappa shape index (κ1) is 52.6. The van der Waals surface area contributed by atoms with Gasteiger partial charge in [0.25, 0.3) is 31.9 Å².